The zero-order valence-corrected chi connectivity index (χ0v) is 7.53. The van der Waals surface area contributed by atoms with Gasteiger partial charge in [0, 0.05) is 22.1 Å². The van der Waals surface area contributed by atoms with Crippen molar-refractivity contribution in [1.82, 2.24) is 0 Å². The maximum absolute atomic E-state index is 10.4. The number of hydrogen-bond acceptors (Lipinski definition) is 2. The molecule has 3 N–H and O–H groups in total. The largest absolute Gasteiger partial charge is 0.398 e. The fourth-order valence-corrected chi connectivity index (χ4v) is 1.51. The van der Waals surface area contributed by atoms with Crippen LogP contribution in [-0.2, 0) is 4.79 Å². The molecule has 0 aromatic heterocycles. The van der Waals surface area contributed by atoms with E-state index in [2.05, 4.69) is 5.32 Å². The standard InChI is InChI=1S/C11H10N2O/c12-10-5-6-11(13-7-14)9-4-2-1-3-8(9)10/h1-7H,12H2,(H,13,14). The second-order valence-electron chi connectivity index (χ2n) is 3.01. The third-order valence-electron chi connectivity index (χ3n) is 2.17. The quantitative estimate of drug-likeness (QED) is 0.556. The molecular weight excluding hydrogens is 176 g/mol. The predicted octanol–water partition coefficient (Wildman–Crippen LogP) is 1.99. The van der Waals surface area contributed by atoms with Crippen LogP contribution in [0.25, 0.3) is 10.8 Å². The number of benzene rings is 2. The van der Waals surface area contributed by atoms with Crippen molar-refractivity contribution in [2.24, 2.45) is 0 Å². The Labute approximate surface area is 81.5 Å². The SMILES string of the molecule is Nc1ccc(NC=O)c2ccccc12. The molecule has 3 nitrogen and oxygen atoms in total. The van der Waals surface area contributed by atoms with E-state index in [1.165, 1.54) is 0 Å². The minimum Gasteiger partial charge on any atom is -0.398 e. The van der Waals surface area contributed by atoms with Crippen molar-refractivity contribution in [3.8, 4) is 0 Å². The molecule has 0 aliphatic heterocycles. The minimum atomic E-state index is 0.665. The van der Waals surface area contributed by atoms with E-state index in [-0.39, 0.29) is 0 Å². The molecule has 0 aliphatic rings. The van der Waals surface area contributed by atoms with Gasteiger partial charge in [0.05, 0.1) is 0 Å². The second kappa shape index (κ2) is 3.38. The number of carbonyl (C=O) groups excluding carboxylic acids is 1. The summed E-state index contributed by atoms with van der Waals surface area (Å²) in [5.74, 6) is 0. The first-order chi connectivity index (χ1) is 6.83. The molecule has 0 spiro atoms. The van der Waals surface area contributed by atoms with E-state index in [1.807, 2.05) is 24.3 Å². The zero-order chi connectivity index (χ0) is 9.97. The van der Waals surface area contributed by atoms with Gasteiger partial charge in [0.15, 0.2) is 0 Å². The van der Waals surface area contributed by atoms with Gasteiger partial charge in [-0.2, -0.15) is 0 Å². The summed E-state index contributed by atoms with van der Waals surface area (Å²) in [5.41, 5.74) is 7.31. The van der Waals surface area contributed by atoms with Gasteiger partial charge in [-0.05, 0) is 12.1 Å². The molecule has 2 rings (SSSR count). The lowest BCUT2D eigenvalue weighted by Gasteiger charge is -2.06. The summed E-state index contributed by atoms with van der Waals surface area (Å²) in [7, 11) is 0. The van der Waals surface area contributed by atoms with Gasteiger partial charge in [-0.15, -0.1) is 0 Å². The molecule has 0 heterocycles. The fraction of sp³-hybridized carbons (Fsp3) is 0. The smallest absolute Gasteiger partial charge is 0.211 e. The molecule has 1 amide bonds. The van der Waals surface area contributed by atoms with Crippen molar-refractivity contribution in [2.75, 3.05) is 11.1 Å². The maximum Gasteiger partial charge on any atom is 0.211 e. The van der Waals surface area contributed by atoms with Crippen molar-refractivity contribution in [3.05, 3.63) is 36.4 Å². The first-order valence-corrected chi connectivity index (χ1v) is 4.30. The number of nitrogens with two attached hydrogens (primary N) is 1. The molecule has 0 bridgehead atoms. The molecule has 0 unspecified atom stereocenters. The molecule has 0 saturated carbocycles. The second-order valence-corrected chi connectivity index (χ2v) is 3.01. The van der Waals surface area contributed by atoms with Crippen LogP contribution in [0.15, 0.2) is 36.4 Å². The van der Waals surface area contributed by atoms with Crippen LogP contribution in [0.4, 0.5) is 11.4 Å². The van der Waals surface area contributed by atoms with E-state index in [1.54, 1.807) is 12.1 Å². The summed E-state index contributed by atoms with van der Waals surface area (Å²) in [6.45, 7) is 0. The van der Waals surface area contributed by atoms with E-state index in [4.69, 9.17) is 5.73 Å². The van der Waals surface area contributed by atoms with Gasteiger partial charge in [0.1, 0.15) is 0 Å². The molecule has 3 heteroatoms. The van der Waals surface area contributed by atoms with E-state index < -0.39 is 0 Å². The van der Waals surface area contributed by atoms with Gasteiger partial charge in [-0.25, -0.2) is 0 Å². The molecule has 0 radical (unpaired) electrons. The summed E-state index contributed by atoms with van der Waals surface area (Å²) in [5, 5.41) is 4.56. The molecule has 0 fully saturated rings. The highest BCUT2D eigenvalue weighted by Gasteiger charge is 2.01. The third kappa shape index (κ3) is 1.29. The Balaban J connectivity index is 2.74. The first kappa shape index (κ1) is 8.56. The molecule has 0 saturated heterocycles. The average Bonchev–Trinajstić information content (AvgIpc) is 2.23. The van der Waals surface area contributed by atoms with Crippen molar-refractivity contribution >= 4 is 28.6 Å². The van der Waals surface area contributed by atoms with E-state index in [0.29, 0.717) is 6.41 Å². The van der Waals surface area contributed by atoms with Gasteiger partial charge in [0.25, 0.3) is 0 Å². The summed E-state index contributed by atoms with van der Waals surface area (Å²) < 4.78 is 0. The van der Waals surface area contributed by atoms with Crippen LogP contribution in [0.3, 0.4) is 0 Å². The molecule has 0 aliphatic carbocycles. The van der Waals surface area contributed by atoms with Gasteiger partial charge in [0.2, 0.25) is 6.41 Å². The van der Waals surface area contributed by atoms with Crippen molar-refractivity contribution in [1.29, 1.82) is 0 Å². The number of nitrogens with one attached hydrogen (secondary N) is 1. The maximum atomic E-state index is 10.4. The summed E-state index contributed by atoms with van der Waals surface area (Å²) in [6.07, 6.45) is 0.665. The Hall–Kier alpha value is -2.03. The number of rotatable bonds is 2. The lowest BCUT2D eigenvalue weighted by Crippen LogP contribution is -1.96. The lowest BCUT2D eigenvalue weighted by molar-refractivity contribution is -0.105. The van der Waals surface area contributed by atoms with E-state index in [9.17, 15) is 4.79 Å². The van der Waals surface area contributed by atoms with Crippen LogP contribution < -0.4 is 11.1 Å². The topological polar surface area (TPSA) is 55.1 Å². The summed E-state index contributed by atoms with van der Waals surface area (Å²) in [4.78, 5) is 10.4. The first-order valence-electron chi connectivity index (χ1n) is 4.30. The normalized spacial score (nSPS) is 10.0. The van der Waals surface area contributed by atoms with Crippen LogP contribution in [0.5, 0.6) is 0 Å². The monoisotopic (exact) mass is 186 g/mol. The van der Waals surface area contributed by atoms with E-state index in [0.717, 1.165) is 22.1 Å². The predicted molar refractivity (Wildman–Crippen MR) is 58.0 cm³/mol. The van der Waals surface area contributed by atoms with Gasteiger partial charge in [-0.1, -0.05) is 24.3 Å². The Morgan fingerprint density at radius 1 is 1.07 bits per heavy atom. The molecular formula is C11H10N2O. The zero-order valence-electron chi connectivity index (χ0n) is 7.53. The van der Waals surface area contributed by atoms with Crippen LogP contribution in [0.2, 0.25) is 0 Å². The van der Waals surface area contributed by atoms with Crippen LogP contribution >= 0.6 is 0 Å². The van der Waals surface area contributed by atoms with Crippen LogP contribution in [0, 0.1) is 0 Å². The highest BCUT2D eigenvalue weighted by Crippen LogP contribution is 2.27. The Bertz CT molecular complexity index is 480. The Morgan fingerprint density at radius 3 is 2.50 bits per heavy atom. The highest BCUT2D eigenvalue weighted by molar-refractivity contribution is 6.03. The molecule has 14 heavy (non-hydrogen) atoms. The number of carbonyl (C=O) groups is 1. The summed E-state index contributed by atoms with van der Waals surface area (Å²) in [6, 6.07) is 11.3. The number of amides is 1. The van der Waals surface area contributed by atoms with Crippen molar-refractivity contribution in [2.45, 2.75) is 0 Å². The van der Waals surface area contributed by atoms with Crippen LogP contribution in [0.1, 0.15) is 0 Å². The minimum absolute atomic E-state index is 0.665. The number of nitrogen functional groups attached to an aromatic ring is 1. The third-order valence-corrected chi connectivity index (χ3v) is 2.17. The van der Waals surface area contributed by atoms with E-state index >= 15 is 0 Å². The van der Waals surface area contributed by atoms with Crippen LogP contribution in [-0.4, -0.2) is 6.41 Å². The Kier molecular flexibility index (Phi) is 2.07. The van der Waals surface area contributed by atoms with Gasteiger partial charge >= 0.3 is 0 Å². The Morgan fingerprint density at radius 2 is 1.79 bits per heavy atom. The van der Waals surface area contributed by atoms with Gasteiger partial charge in [-0.3, -0.25) is 4.79 Å². The molecule has 0 atom stereocenters. The number of hydrogen-bond donors (Lipinski definition) is 2. The molecule has 2 aromatic rings. The summed E-state index contributed by atoms with van der Waals surface area (Å²) >= 11 is 0. The average molecular weight is 186 g/mol. The molecule has 2 aromatic carbocycles. The lowest BCUT2D eigenvalue weighted by atomic mass is 10.1. The highest BCUT2D eigenvalue weighted by atomic mass is 16.1. The molecule has 70 valence electrons. The van der Waals surface area contributed by atoms with Gasteiger partial charge < -0.3 is 11.1 Å². The van der Waals surface area contributed by atoms with Crippen molar-refractivity contribution < 1.29 is 4.79 Å². The fourth-order valence-electron chi connectivity index (χ4n) is 1.51. The number of anilines is 2. The number of fused-ring (bicyclic) bond motifs is 1. The van der Waals surface area contributed by atoms with Crippen molar-refractivity contribution in [3.63, 3.8) is 0 Å².